The zero-order valence-electron chi connectivity index (χ0n) is 7.19. The van der Waals surface area contributed by atoms with Crippen LogP contribution < -0.4 is 10.8 Å². The molecule has 2 amide bonds. The van der Waals surface area contributed by atoms with Crippen LogP contribution in [0.5, 0.6) is 0 Å². The molecule has 0 atom stereocenters. The normalized spacial score (nSPS) is 9.50. The van der Waals surface area contributed by atoms with Gasteiger partial charge >= 0.3 is 0 Å². The van der Waals surface area contributed by atoms with E-state index >= 15 is 0 Å². The lowest BCUT2D eigenvalue weighted by Gasteiger charge is -2.01. The minimum Gasteiger partial charge on any atom is -0.347 e. The molecule has 1 aromatic heterocycles. The molecule has 0 aliphatic heterocycles. The summed E-state index contributed by atoms with van der Waals surface area (Å²) in [6, 6.07) is 0. The van der Waals surface area contributed by atoms with Crippen LogP contribution in [0.3, 0.4) is 0 Å². The molecule has 0 aromatic carbocycles. The van der Waals surface area contributed by atoms with Crippen LogP contribution in [-0.4, -0.2) is 28.6 Å². The fraction of sp³-hybridized carbons (Fsp3) is 0.286. The predicted molar refractivity (Wildman–Crippen MR) is 48.8 cm³/mol. The first kappa shape index (κ1) is 10.6. The highest BCUT2D eigenvalue weighted by Crippen LogP contribution is 2.03. The van der Waals surface area contributed by atoms with Gasteiger partial charge in [0.1, 0.15) is 5.01 Å². The van der Waals surface area contributed by atoms with Crippen molar-refractivity contribution in [3.05, 3.63) is 16.6 Å². The number of carbonyl (C=O) groups is 2. The second-order valence-electron chi connectivity index (χ2n) is 2.41. The lowest BCUT2D eigenvalue weighted by Crippen LogP contribution is -2.36. The number of nitrogens with one attached hydrogen (secondary N) is 2. The van der Waals surface area contributed by atoms with Gasteiger partial charge in [-0.25, -0.2) is 10.5 Å². The van der Waals surface area contributed by atoms with Gasteiger partial charge in [-0.3, -0.25) is 14.8 Å². The maximum Gasteiger partial charge on any atom is 0.262 e. The smallest absolute Gasteiger partial charge is 0.262 e. The molecule has 0 aliphatic rings. The van der Waals surface area contributed by atoms with E-state index in [0.29, 0.717) is 5.01 Å². The van der Waals surface area contributed by atoms with Gasteiger partial charge in [-0.1, -0.05) is 0 Å². The standard InChI is InChI=1S/C7H9N3O3S/c11-5(9-4-6(12)10-13)3-7-8-1-2-14-7/h1-2,13H,3-4H2,(H,9,11)(H,10,12). The molecule has 76 valence electrons. The summed E-state index contributed by atoms with van der Waals surface area (Å²) in [6.45, 7) is -0.235. The maximum absolute atomic E-state index is 11.1. The average Bonchev–Trinajstić information content (AvgIpc) is 2.66. The average molecular weight is 215 g/mol. The van der Waals surface area contributed by atoms with Gasteiger partial charge in [0, 0.05) is 11.6 Å². The molecule has 1 aromatic rings. The molecule has 0 radical (unpaired) electrons. The summed E-state index contributed by atoms with van der Waals surface area (Å²) in [5, 5.41) is 12.9. The number of carbonyl (C=O) groups excluding carboxylic acids is 2. The number of rotatable bonds is 4. The summed E-state index contributed by atoms with van der Waals surface area (Å²) in [5.74, 6) is -0.957. The summed E-state index contributed by atoms with van der Waals surface area (Å²) in [4.78, 5) is 25.6. The van der Waals surface area contributed by atoms with Gasteiger partial charge in [0.25, 0.3) is 5.91 Å². The van der Waals surface area contributed by atoms with Gasteiger partial charge in [0.05, 0.1) is 13.0 Å². The summed E-state index contributed by atoms with van der Waals surface area (Å²) in [5.41, 5.74) is 1.41. The molecule has 0 aliphatic carbocycles. The van der Waals surface area contributed by atoms with E-state index in [1.807, 2.05) is 0 Å². The van der Waals surface area contributed by atoms with E-state index in [2.05, 4.69) is 10.3 Å². The summed E-state index contributed by atoms with van der Waals surface area (Å²) >= 11 is 1.37. The van der Waals surface area contributed by atoms with Crippen molar-refractivity contribution >= 4 is 23.2 Å². The van der Waals surface area contributed by atoms with Crippen LogP contribution >= 0.6 is 11.3 Å². The second kappa shape index (κ2) is 5.30. The Kier molecular flexibility index (Phi) is 4.02. The van der Waals surface area contributed by atoms with Crippen LogP contribution in [0.25, 0.3) is 0 Å². The van der Waals surface area contributed by atoms with Gasteiger partial charge in [-0.2, -0.15) is 0 Å². The van der Waals surface area contributed by atoms with Crippen molar-refractivity contribution in [1.29, 1.82) is 0 Å². The third kappa shape index (κ3) is 3.50. The highest BCUT2D eigenvalue weighted by Gasteiger charge is 2.06. The van der Waals surface area contributed by atoms with E-state index < -0.39 is 5.91 Å². The molecule has 0 bridgehead atoms. The molecule has 0 saturated heterocycles. The Bertz CT molecular complexity index is 312. The molecule has 3 N–H and O–H groups in total. The minimum atomic E-state index is -0.655. The first-order valence-electron chi connectivity index (χ1n) is 3.80. The molecule has 0 unspecified atom stereocenters. The lowest BCUT2D eigenvalue weighted by atomic mass is 10.4. The van der Waals surface area contributed by atoms with Crippen LogP contribution in [0, 0.1) is 0 Å². The monoisotopic (exact) mass is 215 g/mol. The van der Waals surface area contributed by atoms with Crippen LogP contribution in [0.2, 0.25) is 0 Å². The molecule has 0 spiro atoms. The quantitative estimate of drug-likeness (QED) is 0.458. The zero-order chi connectivity index (χ0) is 10.4. The van der Waals surface area contributed by atoms with Gasteiger partial charge < -0.3 is 5.32 Å². The fourth-order valence-electron chi connectivity index (χ4n) is 0.759. The Morgan fingerprint density at radius 3 is 2.86 bits per heavy atom. The molecule has 6 nitrogen and oxygen atoms in total. The number of hydrogen-bond acceptors (Lipinski definition) is 5. The molecular weight excluding hydrogens is 206 g/mol. The van der Waals surface area contributed by atoms with Crippen LogP contribution in [0.15, 0.2) is 11.6 Å². The Hall–Kier alpha value is -1.47. The van der Waals surface area contributed by atoms with E-state index in [1.54, 1.807) is 11.6 Å². The van der Waals surface area contributed by atoms with Crippen molar-refractivity contribution in [3.63, 3.8) is 0 Å². The Balaban J connectivity index is 2.26. The molecule has 0 fully saturated rings. The SMILES string of the molecule is O=C(CNC(=O)Cc1nccs1)NO. The van der Waals surface area contributed by atoms with E-state index in [1.165, 1.54) is 16.8 Å². The Labute approximate surface area is 83.9 Å². The molecule has 14 heavy (non-hydrogen) atoms. The summed E-state index contributed by atoms with van der Waals surface area (Å²) in [7, 11) is 0. The second-order valence-corrected chi connectivity index (χ2v) is 3.39. The van der Waals surface area contributed by atoms with E-state index in [0.717, 1.165) is 0 Å². The van der Waals surface area contributed by atoms with Crippen molar-refractivity contribution in [3.8, 4) is 0 Å². The largest absolute Gasteiger partial charge is 0.347 e. The number of amides is 2. The van der Waals surface area contributed by atoms with Crippen molar-refractivity contribution in [2.24, 2.45) is 0 Å². The predicted octanol–water partition coefficient (Wildman–Crippen LogP) is -0.693. The van der Waals surface area contributed by atoms with Crippen molar-refractivity contribution < 1.29 is 14.8 Å². The molecular formula is C7H9N3O3S. The number of nitrogens with zero attached hydrogens (tertiary/aromatic N) is 1. The van der Waals surface area contributed by atoms with Gasteiger partial charge in [0.2, 0.25) is 5.91 Å². The Morgan fingerprint density at radius 2 is 2.29 bits per heavy atom. The minimum absolute atomic E-state index is 0.149. The third-order valence-corrected chi connectivity index (χ3v) is 2.15. The highest BCUT2D eigenvalue weighted by atomic mass is 32.1. The van der Waals surface area contributed by atoms with Crippen molar-refractivity contribution in [1.82, 2.24) is 15.8 Å². The van der Waals surface area contributed by atoms with E-state index in [9.17, 15) is 9.59 Å². The zero-order valence-corrected chi connectivity index (χ0v) is 8.00. The van der Waals surface area contributed by atoms with Crippen LogP contribution in [-0.2, 0) is 16.0 Å². The molecule has 1 heterocycles. The summed E-state index contributed by atoms with van der Waals surface area (Å²) < 4.78 is 0. The third-order valence-electron chi connectivity index (χ3n) is 1.37. The molecule has 7 heteroatoms. The lowest BCUT2D eigenvalue weighted by molar-refractivity contribution is -0.131. The first-order chi connectivity index (χ1) is 6.72. The van der Waals surface area contributed by atoms with Gasteiger partial charge in [0.15, 0.2) is 0 Å². The summed E-state index contributed by atoms with van der Waals surface area (Å²) in [6.07, 6.45) is 1.75. The number of aromatic nitrogens is 1. The topological polar surface area (TPSA) is 91.3 Å². The molecule has 1 rings (SSSR count). The number of hydroxylamine groups is 1. The van der Waals surface area contributed by atoms with Gasteiger partial charge in [-0.05, 0) is 0 Å². The van der Waals surface area contributed by atoms with Crippen molar-refractivity contribution in [2.75, 3.05) is 6.54 Å². The number of hydrogen-bond donors (Lipinski definition) is 3. The Morgan fingerprint density at radius 1 is 1.50 bits per heavy atom. The first-order valence-corrected chi connectivity index (χ1v) is 4.68. The van der Waals surface area contributed by atoms with Crippen LogP contribution in [0.4, 0.5) is 0 Å². The van der Waals surface area contributed by atoms with E-state index in [4.69, 9.17) is 5.21 Å². The van der Waals surface area contributed by atoms with Gasteiger partial charge in [-0.15, -0.1) is 11.3 Å². The van der Waals surface area contributed by atoms with Crippen molar-refractivity contribution in [2.45, 2.75) is 6.42 Å². The highest BCUT2D eigenvalue weighted by molar-refractivity contribution is 7.09. The molecule has 0 saturated carbocycles. The maximum atomic E-state index is 11.1. The number of thiazole rings is 1. The fourth-order valence-corrected chi connectivity index (χ4v) is 1.37. The van der Waals surface area contributed by atoms with Crippen LogP contribution in [0.1, 0.15) is 5.01 Å². The van der Waals surface area contributed by atoms with E-state index in [-0.39, 0.29) is 18.9 Å².